The standard InChI is InChI=1S/C49H64N2O16S/c1-21-13-12-14-22(2)46(60)51-34-39(57)32-31(40(58)44(34)68-20-18-50-47(61)28-15-16-30-43(38(28)56)66-48(8,9)65-30)33-42(26(6)37(32)55)67-49(10,45(33)59)63-19-17-29(62-11)23(3)41(64-27(7)52)25(5)36(54)24(4)35(21)53/h12-15,17,19,21,23-25,29-30,35-36,38,41,43,53-58H,16,18,20H2,1-11H3,(H,50,61)(H,51,60)/b13-12+,19-17+,22-14-/t21-,23+,24-,25-,29+,30-,35+,36+,38-,41-,43-,49+/m1/s1. The van der Waals surface area contributed by atoms with Gasteiger partial charge in [0, 0.05) is 79.0 Å². The molecule has 0 spiro atoms. The molecule has 1 saturated heterocycles. The monoisotopic (exact) mass is 968 g/mol. The number of nitrogens with one attached hydrogen (secondary N) is 2. The van der Waals surface area contributed by atoms with Crippen molar-refractivity contribution in [2.45, 2.75) is 135 Å². The minimum Gasteiger partial charge on any atom is -0.507 e. The van der Waals surface area contributed by atoms with Crippen molar-refractivity contribution in [1.82, 2.24) is 5.32 Å². The van der Waals surface area contributed by atoms with Crippen LogP contribution >= 0.6 is 11.8 Å². The van der Waals surface area contributed by atoms with Gasteiger partial charge in [-0.15, -0.1) is 11.8 Å². The number of aliphatic hydroxyl groups is 3. The number of benzene rings is 2. The van der Waals surface area contributed by atoms with E-state index in [0.717, 1.165) is 11.8 Å². The Kier molecular flexibility index (Phi) is 15.7. The number of aromatic hydroxyl groups is 3. The molecule has 1 aliphatic carbocycles. The second kappa shape index (κ2) is 20.4. The van der Waals surface area contributed by atoms with Crippen molar-refractivity contribution in [3.8, 4) is 23.0 Å². The van der Waals surface area contributed by atoms with Gasteiger partial charge in [-0.2, -0.15) is 0 Å². The fourth-order valence-corrected chi connectivity index (χ4v) is 10.3. The third kappa shape index (κ3) is 10.1. The van der Waals surface area contributed by atoms with Crippen LogP contribution in [0.15, 0.2) is 52.7 Å². The van der Waals surface area contributed by atoms with E-state index in [1.54, 1.807) is 59.8 Å². The third-order valence-electron chi connectivity index (χ3n) is 13.3. The molecule has 372 valence electrons. The number of hydrogen-bond acceptors (Lipinski definition) is 17. The number of hydrogen-bond donors (Lipinski definition) is 8. The maximum absolute atomic E-state index is 14.6. The predicted molar refractivity (Wildman–Crippen MR) is 250 cm³/mol. The Bertz CT molecular complexity index is 2450. The van der Waals surface area contributed by atoms with Crippen LogP contribution in [-0.4, -0.2) is 128 Å². The highest BCUT2D eigenvalue weighted by molar-refractivity contribution is 7.99. The molecule has 12 atom stereocenters. The molecule has 1 fully saturated rings. The summed E-state index contributed by atoms with van der Waals surface area (Å²) >= 11 is 0.910. The molecule has 4 aliphatic heterocycles. The van der Waals surface area contributed by atoms with Crippen LogP contribution in [0.2, 0.25) is 0 Å². The summed E-state index contributed by atoms with van der Waals surface area (Å²) in [5.41, 5.74) is -0.322. The van der Waals surface area contributed by atoms with Crippen LogP contribution in [0.5, 0.6) is 23.0 Å². The lowest BCUT2D eigenvalue weighted by atomic mass is 9.78. The Morgan fingerprint density at radius 2 is 1.62 bits per heavy atom. The van der Waals surface area contributed by atoms with E-state index in [4.69, 9.17) is 28.4 Å². The van der Waals surface area contributed by atoms with Crippen LogP contribution in [0.4, 0.5) is 5.69 Å². The van der Waals surface area contributed by atoms with Gasteiger partial charge in [0.2, 0.25) is 5.91 Å². The van der Waals surface area contributed by atoms with Crippen LogP contribution in [0.25, 0.3) is 10.8 Å². The van der Waals surface area contributed by atoms with Gasteiger partial charge in [0.1, 0.15) is 41.2 Å². The first-order chi connectivity index (χ1) is 31.8. The van der Waals surface area contributed by atoms with Gasteiger partial charge in [-0.05, 0) is 40.2 Å². The van der Waals surface area contributed by atoms with Crippen molar-refractivity contribution < 1.29 is 78.2 Å². The molecule has 68 heavy (non-hydrogen) atoms. The molecule has 8 N–H and O–H groups in total. The number of Topliss-reactive ketones (excluding diaryl/α,β-unsaturated/α-hetero) is 1. The number of carbonyl (C=O) groups is 4. The number of methoxy groups -OCH3 is 1. The number of allylic oxidation sites excluding steroid dienone is 2. The van der Waals surface area contributed by atoms with Crippen LogP contribution in [-0.2, 0) is 38.1 Å². The Hall–Kier alpha value is -5.15. The normalized spacial score (nSPS) is 33.6. The number of carbonyl (C=O) groups excluding carboxylic acids is 4. The van der Waals surface area contributed by atoms with Crippen molar-refractivity contribution in [2.24, 2.45) is 23.7 Å². The number of thioether (sulfide) groups is 1. The summed E-state index contributed by atoms with van der Waals surface area (Å²) < 4.78 is 35.3. The number of fused-ring (bicyclic) bond motifs is 15. The predicted octanol–water partition coefficient (Wildman–Crippen LogP) is 5.17. The lowest BCUT2D eigenvalue weighted by Crippen LogP contribution is -2.46. The average molecular weight is 969 g/mol. The van der Waals surface area contributed by atoms with Gasteiger partial charge in [-0.3, -0.25) is 19.2 Å². The zero-order valence-electron chi connectivity index (χ0n) is 40.1. The summed E-state index contributed by atoms with van der Waals surface area (Å²) in [5.74, 6) is -10.4. The van der Waals surface area contributed by atoms with Crippen molar-refractivity contribution in [2.75, 3.05) is 24.7 Å². The molecule has 18 nitrogen and oxygen atoms in total. The molecular formula is C49H64N2O16S. The highest BCUT2D eigenvalue weighted by atomic mass is 32.2. The quantitative estimate of drug-likeness (QED) is 0.0584. The Morgan fingerprint density at radius 1 is 0.926 bits per heavy atom. The largest absolute Gasteiger partial charge is 0.507 e. The molecule has 0 aromatic heterocycles. The fraction of sp³-hybridized carbons (Fsp3) is 0.551. The van der Waals surface area contributed by atoms with Crippen LogP contribution < -0.4 is 15.4 Å². The lowest BCUT2D eigenvalue weighted by Gasteiger charge is -2.38. The number of amides is 2. The molecule has 5 aliphatic rings. The van der Waals surface area contributed by atoms with Gasteiger partial charge in [0.15, 0.2) is 11.5 Å². The molecule has 0 radical (unpaired) electrons. The first kappa shape index (κ1) is 52.2. The third-order valence-corrected chi connectivity index (χ3v) is 14.4. The molecular weight excluding hydrogens is 905 g/mol. The number of phenolic OH excluding ortho intramolecular Hbond substituents is 3. The van der Waals surface area contributed by atoms with Gasteiger partial charge in [0.05, 0.1) is 46.5 Å². The zero-order valence-corrected chi connectivity index (χ0v) is 40.9. The second-order valence-electron chi connectivity index (χ2n) is 18.6. The van der Waals surface area contributed by atoms with E-state index in [1.807, 2.05) is 0 Å². The molecule has 4 heterocycles. The first-order valence-electron chi connectivity index (χ1n) is 22.6. The average Bonchev–Trinajstić information content (AvgIpc) is 3.75. The number of ketones is 1. The lowest BCUT2D eigenvalue weighted by molar-refractivity contribution is -0.160. The molecule has 19 heteroatoms. The zero-order chi connectivity index (χ0) is 50.3. The van der Waals surface area contributed by atoms with E-state index in [2.05, 4.69) is 10.6 Å². The number of phenols is 3. The van der Waals surface area contributed by atoms with Crippen molar-refractivity contribution >= 4 is 51.8 Å². The van der Waals surface area contributed by atoms with Crippen molar-refractivity contribution in [3.63, 3.8) is 0 Å². The Labute approximate surface area is 399 Å². The van der Waals surface area contributed by atoms with Gasteiger partial charge in [0.25, 0.3) is 11.7 Å². The van der Waals surface area contributed by atoms with Crippen LogP contribution in [0.3, 0.4) is 0 Å². The van der Waals surface area contributed by atoms with E-state index in [1.165, 1.54) is 53.2 Å². The highest BCUT2D eigenvalue weighted by Gasteiger charge is 2.51. The minimum atomic E-state index is -2.10. The van der Waals surface area contributed by atoms with Gasteiger partial charge in [-0.1, -0.05) is 52.0 Å². The maximum Gasteiger partial charge on any atom is 0.312 e. The summed E-state index contributed by atoms with van der Waals surface area (Å²) in [6, 6.07) is 0. The molecule has 2 aromatic rings. The van der Waals surface area contributed by atoms with E-state index >= 15 is 0 Å². The van der Waals surface area contributed by atoms with Gasteiger partial charge in [-0.25, -0.2) is 0 Å². The minimum absolute atomic E-state index is 0.00771. The number of ether oxygens (including phenoxy) is 6. The smallest absolute Gasteiger partial charge is 0.312 e. The molecule has 2 amide bonds. The summed E-state index contributed by atoms with van der Waals surface area (Å²) in [6.07, 6.45) is 2.77. The van der Waals surface area contributed by atoms with Crippen molar-refractivity contribution in [1.29, 1.82) is 0 Å². The van der Waals surface area contributed by atoms with Gasteiger partial charge < -0.3 is 69.7 Å². The molecule has 7 rings (SSSR count). The van der Waals surface area contributed by atoms with E-state index < -0.39 is 119 Å². The number of anilines is 1. The summed E-state index contributed by atoms with van der Waals surface area (Å²) in [5, 5.41) is 74.7. The van der Waals surface area contributed by atoms with E-state index in [9.17, 15) is 49.8 Å². The SMILES string of the molecule is CO[C@H]1/C=C/O[C@@]2(C)Oc3c(C)c(O)c4c(O)c(c(SCCNC(=O)C5=CC[C@H]6OC(C)(C)O[C@H]6[C@@H]5O)c(O)c4c3C2=O)NC(=O)/C(C)=C\C=C\[C@@H](C)[C@H](O)[C@@H](C)[C@H](O)[C@@H](C)[C@H](OC(C)=O)[C@H]1C. The summed E-state index contributed by atoms with van der Waals surface area (Å²) in [6.45, 7) is 15.7. The topological polar surface area (TPSA) is 269 Å². The Morgan fingerprint density at radius 3 is 2.28 bits per heavy atom. The van der Waals surface area contributed by atoms with Crippen molar-refractivity contribution in [3.05, 3.63) is 58.9 Å². The number of aliphatic hydroxyl groups excluding tert-OH is 3. The molecule has 2 aromatic carbocycles. The molecule has 0 saturated carbocycles. The molecule has 5 bridgehead atoms. The summed E-state index contributed by atoms with van der Waals surface area (Å²) in [7, 11) is 1.42. The number of rotatable bonds is 7. The Balaban J connectivity index is 1.40. The number of esters is 1. The van der Waals surface area contributed by atoms with Crippen LogP contribution in [0.1, 0.15) is 84.7 Å². The van der Waals surface area contributed by atoms with Crippen LogP contribution in [0, 0.1) is 30.6 Å². The fourth-order valence-electron chi connectivity index (χ4n) is 9.34. The molecule has 0 unspecified atom stereocenters. The first-order valence-corrected chi connectivity index (χ1v) is 23.6. The van der Waals surface area contributed by atoms with E-state index in [-0.39, 0.29) is 61.7 Å². The second-order valence-corrected chi connectivity index (χ2v) is 19.7. The van der Waals surface area contributed by atoms with Gasteiger partial charge >= 0.3 is 11.8 Å². The highest BCUT2D eigenvalue weighted by Crippen LogP contribution is 2.57. The summed E-state index contributed by atoms with van der Waals surface area (Å²) in [4.78, 5) is 54.1. The maximum atomic E-state index is 14.6. The van der Waals surface area contributed by atoms with E-state index in [0.29, 0.717) is 6.42 Å².